The van der Waals surface area contributed by atoms with Crippen molar-refractivity contribution >= 4 is 11.7 Å². The largest absolute Gasteiger partial charge is 0.463 e. The van der Waals surface area contributed by atoms with E-state index in [0.29, 0.717) is 31.2 Å². The fourth-order valence-electron chi connectivity index (χ4n) is 2.52. The van der Waals surface area contributed by atoms with Crippen LogP contribution >= 0.6 is 0 Å². The number of carbonyl (C=O) groups is 1. The van der Waals surface area contributed by atoms with Crippen LogP contribution in [0.5, 0.6) is 0 Å². The molecule has 0 unspecified atom stereocenters. The van der Waals surface area contributed by atoms with Gasteiger partial charge in [0.25, 0.3) is 0 Å². The number of hydrogen-bond acceptors (Lipinski definition) is 6. The van der Waals surface area contributed by atoms with E-state index in [1.807, 2.05) is 36.1 Å². The maximum atomic E-state index is 11.9. The van der Waals surface area contributed by atoms with E-state index in [4.69, 9.17) is 9.15 Å². The number of furan rings is 1. The van der Waals surface area contributed by atoms with Crippen LogP contribution in [0.25, 0.3) is 11.5 Å². The summed E-state index contributed by atoms with van der Waals surface area (Å²) in [5.41, 5.74) is 0.712. The average Bonchev–Trinajstić information content (AvgIpc) is 3.14. The Balaban J connectivity index is 1.56. The van der Waals surface area contributed by atoms with Crippen molar-refractivity contribution in [1.29, 1.82) is 0 Å². The van der Waals surface area contributed by atoms with Gasteiger partial charge in [0, 0.05) is 32.8 Å². The molecule has 1 aliphatic heterocycles. The number of ether oxygens (including phenoxy) is 1. The Labute approximate surface area is 134 Å². The summed E-state index contributed by atoms with van der Waals surface area (Å²) in [4.78, 5) is 15.9. The number of nitrogens with zero attached hydrogens (tertiary/aromatic N) is 4. The third-order valence-corrected chi connectivity index (χ3v) is 3.81. The van der Waals surface area contributed by atoms with E-state index in [1.165, 1.54) is 0 Å². The lowest BCUT2D eigenvalue weighted by atomic mass is 10.3. The van der Waals surface area contributed by atoms with Gasteiger partial charge in [0.05, 0.1) is 6.26 Å². The zero-order valence-corrected chi connectivity index (χ0v) is 13.1. The number of hydrogen-bond donors (Lipinski definition) is 0. The molecule has 0 saturated carbocycles. The fraction of sp³-hybridized carbons (Fsp3) is 0.438. The minimum absolute atomic E-state index is 0.0470. The van der Waals surface area contributed by atoms with Gasteiger partial charge in [-0.2, -0.15) is 0 Å². The van der Waals surface area contributed by atoms with Gasteiger partial charge in [-0.25, -0.2) is 0 Å². The van der Waals surface area contributed by atoms with E-state index in [1.54, 1.807) is 6.26 Å². The topological polar surface area (TPSA) is 71.7 Å². The first-order valence-corrected chi connectivity index (χ1v) is 7.76. The van der Waals surface area contributed by atoms with Crippen molar-refractivity contribution in [2.75, 3.05) is 44.3 Å². The van der Waals surface area contributed by atoms with Gasteiger partial charge in [0.15, 0.2) is 11.6 Å². The molecule has 0 atom stereocenters. The third-order valence-electron chi connectivity index (χ3n) is 3.81. The first-order chi connectivity index (χ1) is 11.3. The lowest BCUT2D eigenvalue weighted by Crippen LogP contribution is -2.50. The number of amides is 1. The van der Waals surface area contributed by atoms with Crippen molar-refractivity contribution < 1.29 is 13.9 Å². The Hall–Kier alpha value is -2.41. The highest BCUT2D eigenvalue weighted by atomic mass is 16.5. The van der Waals surface area contributed by atoms with Gasteiger partial charge in [-0.05, 0) is 31.2 Å². The molecule has 0 spiro atoms. The van der Waals surface area contributed by atoms with Gasteiger partial charge < -0.3 is 19.0 Å². The van der Waals surface area contributed by atoms with Crippen molar-refractivity contribution in [1.82, 2.24) is 15.1 Å². The number of carbonyl (C=O) groups excluding carboxylic acids is 1. The zero-order valence-electron chi connectivity index (χ0n) is 13.1. The van der Waals surface area contributed by atoms with Crippen molar-refractivity contribution in [3.63, 3.8) is 0 Å². The first-order valence-electron chi connectivity index (χ1n) is 7.76. The summed E-state index contributed by atoms with van der Waals surface area (Å²) in [6.45, 7) is 5.44. The number of aromatic nitrogens is 2. The fourth-order valence-corrected chi connectivity index (χ4v) is 2.52. The monoisotopic (exact) mass is 316 g/mol. The van der Waals surface area contributed by atoms with E-state index in [2.05, 4.69) is 15.1 Å². The maximum absolute atomic E-state index is 11.9. The Kier molecular flexibility index (Phi) is 4.87. The molecule has 0 N–H and O–H groups in total. The quantitative estimate of drug-likeness (QED) is 0.831. The zero-order chi connectivity index (χ0) is 16.1. The Morgan fingerprint density at radius 3 is 2.65 bits per heavy atom. The van der Waals surface area contributed by atoms with Crippen LogP contribution in [0.2, 0.25) is 0 Å². The van der Waals surface area contributed by atoms with Crippen LogP contribution in [0.15, 0.2) is 34.9 Å². The highest BCUT2D eigenvalue weighted by molar-refractivity contribution is 5.77. The lowest BCUT2D eigenvalue weighted by molar-refractivity contribution is -0.136. The molecule has 1 saturated heterocycles. The molecule has 0 radical (unpaired) electrons. The molecule has 0 bridgehead atoms. The van der Waals surface area contributed by atoms with Crippen LogP contribution in [0, 0.1) is 0 Å². The molecule has 23 heavy (non-hydrogen) atoms. The second-order valence-electron chi connectivity index (χ2n) is 5.26. The standard InChI is InChI=1S/C16H20N4O3/c1-2-22-12-16(21)20-9-7-19(8-10-20)15-6-5-13(17-18-15)14-4-3-11-23-14/h3-6,11H,2,7-10,12H2,1H3. The predicted molar refractivity (Wildman–Crippen MR) is 85.0 cm³/mol. The summed E-state index contributed by atoms with van der Waals surface area (Å²) in [6.07, 6.45) is 1.61. The summed E-state index contributed by atoms with van der Waals surface area (Å²) in [7, 11) is 0. The van der Waals surface area contributed by atoms with Crippen LogP contribution in [0.1, 0.15) is 6.92 Å². The van der Waals surface area contributed by atoms with Gasteiger partial charge in [0.1, 0.15) is 12.3 Å². The molecule has 122 valence electrons. The van der Waals surface area contributed by atoms with E-state index in [9.17, 15) is 4.79 Å². The van der Waals surface area contributed by atoms with Crippen molar-refractivity contribution in [3.8, 4) is 11.5 Å². The SMILES string of the molecule is CCOCC(=O)N1CCN(c2ccc(-c3ccco3)nn2)CC1. The minimum atomic E-state index is 0.0470. The Morgan fingerprint density at radius 2 is 2.04 bits per heavy atom. The second-order valence-corrected chi connectivity index (χ2v) is 5.26. The number of piperazine rings is 1. The second kappa shape index (κ2) is 7.23. The Bertz CT molecular complexity index is 619. The van der Waals surface area contributed by atoms with Crippen molar-refractivity contribution in [2.24, 2.45) is 0 Å². The van der Waals surface area contributed by atoms with Gasteiger partial charge in [0.2, 0.25) is 5.91 Å². The normalized spacial score (nSPS) is 15.0. The predicted octanol–water partition coefficient (Wildman–Crippen LogP) is 1.42. The molecule has 0 aromatic carbocycles. The molecular weight excluding hydrogens is 296 g/mol. The van der Waals surface area contributed by atoms with E-state index < -0.39 is 0 Å². The summed E-state index contributed by atoms with van der Waals surface area (Å²) in [5.74, 6) is 1.57. The molecule has 7 heteroatoms. The van der Waals surface area contributed by atoms with E-state index >= 15 is 0 Å². The van der Waals surface area contributed by atoms with Gasteiger partial charge in [-0.1, -0.05) is 0 Å². The summed E-state index contributed by atoms with van der Waals surface area (Å²) < 4.78 is 10.5. The average molecular weight is 316 g/mol. The molecule has 0 aliphatic carbocycles. The first kappa shape index (κ1) is 15.5. The van der Waals surface area contributed by atoms with Crippen LogP contribution in [0.4, 0.5) is 5.82 Å². The molecule has 2 aromatic heterocycles. The number of anilines is 1. The minimum Gasteiger partial charge on any atom is -0.463 e. The molecular formula is C16H20N4O3. The molecule has 1 aliphatic rings. The van der Waals surface area contributed by atoms with E-state index in [0.717, 1.165) is 18.9 Å². The summed E-state index contributed by atoms with van der Waals surface area (Å²) in [5, 5.41) is 8.47. The van der Waals surface area contributed by atoms with Crippen LogP contribution in [-0.4, -0.2) is 60.4 Å². The van der Waals surface area contributed by atoms with Gasteiger partial charge in [-0.3, -0.25) is 4.79 Å². The van der Waals surface area contributed by atoms with Crippen molar-refractivity contribution in [2.45, 2.75) is 6.92 Å². The highest BCUT2D eigenvalue weighted by Crippen LogP contribution is 2.19. The molecule has 7 nitrogen and oxygen atoms in total. The van der Waals surface area contributed by atoms with Crippen LogP contribution < -0.4 is 4.90 Å². The van der Waals surface area contributed by atoms with Crippen molar-refractivity contribution in [3.05, 3.63) is 30.5 Å². The molecule has 1 fully saturated rings. The van der Waals surface area contributed by atoms with Gasteiger partial charge >= 0.3 is 0 Å². The third kappa shape index (κ3) is 3.68. The van der Waals surface area contributed by atoms with E-state index in [-0.39, 0.29) is 12.5 Å². The smallest absolute Gasteiger partial charge is 0.248 e. The molecule has 1 amide bonds. The highest BCUT2D eigenvalue weighted by Gasteiger charge is 2.22. The lowest BCUT2D eigenvalue weighted by Gasteiger charge is -2.35. The summed E-state index contributed by atoms with van der Waals surface area (Å²) in [6, 6.07) is 7.51. The molecule has 2 aromatic rings. The van der Waals surface area contributed by atoms with Gasteiger partial charge in [-0.15, -0.1) is 10.2 Å². The van der Waals surface area contributed by atoms with Crippen LogP contribution in [-0.2, 0) is 9.53 Å². The van der Waals surface area contributed by atoms with Crippen LogP contribution in [0.3, 0.4) is 0 Å². The maximum Gasteiger partial charge on any atom is 0.248 e. The number of rotatable bonds is 5. The Morgan fingerprint density at radius 1 is 1.22 bits per heavy atom. The summed E-state index contributed by atoms with van der Waals surface area (Å²) >= 11 is 0. The molecule has 3 heterocycles. The molecule has 3 rings (SSSR count).